The number of ketones is 1. The highest BCUT2D eigenvalue weighted by atomic mass is 16.5. The Labute approximate surface area is 163 Å². The quantitative estimate of drug-likeness (QED) is 0.761. The maximum atomic E-state index is 12.1. The number of ether oxygens (including phenoxy) is 1. The number of benzene rings is 1. The van der Waals surface area contributed by atoms with E-state index in [1.807, 2.05) is 6.08 Å². The zero-order valence-electron chi connectivity index (χ0n) is 16.1. The van der Waals surface area contributed by atoms with Crippen molar-refractivity contribution in [3.8, 4) is 0 Å². The smallest absolute Gasteiger partial charge is 0.339 e. The molecule has 5 rings (SSSR count). The number of hydrogen-bond donors (Lipinski definition) is 1. The second-order valence-electron chi connectivity index (χ2n) is 8.33. The van der Waals surface area contributed by atoms with Crippen molar-refractivity contribution in [2.75, 3.05) is 11.4 Å². The van der Waals surface area contributed by atoms with Gasteiger partial charge in [-0.15, -0.1) is 0 Å². The number of fused-ring (bicyclic) bond motifs is 5. The summed E-state index contributed by atoms with van der Waals surface area (Å²) in [5.41, 5.74) is 6.30. The number of rotatable bonds is 1. The van der Waals surface area contributed by atoms with Crippen molar-refractivity contribution in [3.63, 3.8) is 0 Å². The third kappa shape index (κ3) is 2.19. The summed E-state index contributed by atoms with van der Waals surface area (Å²) >= 11 is 0. The number of hydrogen-bond acceptors (Lipinski definition) is 4. The molecule has 1 N–H and O–H groups in total. The van der Waals surface area contributed by atoms with Gasteiger partial charge in [0.15, 0.2) is 5.78 Å². The first-order valence-electron chi connectivity index (χ1n) is 9.50. The molecule has 3 heterocycles. The number of aliphatic carboxylic acids is 1. The molecular formula is C23H21NO4. The first-order valence-corrected chi connectivity index (χ1v) is 9.50. The minimum Gasteiger partial charge on any atom is -0.485 e. The number of allylic oxidation sites excluding steroid dienone is 3. The van der Waals surface area contributed by atoms with Crippen LogP contribution >= 0.6 is 0 Å². The van der Waals surface area contributed by atoms with Crippen LogP contribution < -0.4 is 4.90 Å². The van der Waals surface area contributed by atoms with Gasteiger partial charge < -0.3 is 14.7 Å². The zero-order valence-corrected chi connectivity index (χ0v) is 16.1. The Morgan fingerprint density at radius 2 is 2.04 bits per heavy atom. The molecule has 1 aliphatic carbocycles. The predicted octanol–water partition coefficient (Wildman–Crippen LogP) is 3.55. The Morgan fingerprint density at radius 3 is 2.79 bits per heavy atom. The number of carboxylic acids is 1. The van der Waals surface area contributed by atoms with Gasteiger partial charge in [-0.05, 0) is 30.7 Å². The van der Waals surface area contributed by atoms with Gasteiger partial charge in [-0.1, -0.05) is 31.5 Å². The fourth-order valence-electron chi connectivity index (χ4n) is 4.84. The van der Waals surface area contributed by atoms with E-state index in [1.54, 1.807) is 0 Å². The van der Waals surface area contributed by atoms with E-state index in [-0.39, 0.29) is 17.1 Å². The van der Waals surface area contributed by atoms with E-state index in [2.05, 4.69) is 43.9 Å². The summed E-state index contributed by atoms with van der Waals surface area (Å²) in [7, 11) is 0. The molecule has 4 aliphatic rings. The molecule has 1 aromatic carbocycles. The van der Waals surface area contributed by atoms with Crippen LogP contribution in [0.15, 0.2) is 64.6 Å². The van der Waals surface area contributed by atoms with Gasteiger partial charge in [-0.2, -0.15) is 0 Å². The van der Waals surface area contributed by atoms with Crippen molar-refractivity contribution in [2.45, 2.75) is 38.7 Å². The maximum absolute atomic E-state index is 12.1. The summed E-state index contributed by atoms with van der Waals surface area (Å²) in [6.07, 6.45) is 5.44. The molecule has 1 atom stereocenters. The average Bonchev–Trinajstić information content (AvgIpc) is 2.86. The summed E-state index contributed by atoms with van der Waals surface area (Å²) in [6.45, 7) is 7.41. The number of nitrogens with zero attached hydrogens (tertiary/aromatic N) is 1. The predicted molar refractivity (Wildman–Crippen MR) is 105 cm³/mol. The second-order valence-corrected chi connectivity index (χ2v) is 8.33. The van der Waals surface area contributed by atoms with Gasteiger partial charge in [0, 0.05) is 47.0 Å². The maximum Gasteiger partial charge on any atom is 0.339 e. The Bertz CT molecular complexity index is 1080. The van der Waals surface area contributed by atoms with E-state index in [4.69, 9.17) is 4.74 Å². The molecule has 1 unspecified atom stereocenters. The van der Waals surface area contributed by atoms with Gasteiger partial charge in [0.1, 0.15) is 17.4 Å². The summed E-state index contributed by atoms with van der Waals surface area (Å²) in [4.78, 5) is 25.8. The standard InChI is InChI=1S/C23H21NO4/c1-12-4-5-17-16(8-12)23(2,3)21-15-10-13-9-14(22(26)27)18(25)11-20(13)28-19(15)6-7-24(17)21/h4-5,8-11,19H,6-7H2,1-3H3,(H,26,27). The van der Waals surface area contributed by atoms with Crippen LogP contribution in [0.4, 0.5) is 5.69 Å². The molecule has 0 saturated carbocycles. The number of carboxylic acid groups (broad SMARTS) is 1. The largest absolute Gasteiger partial charge is 0.485 e. The summed E-state index contributed by atoms with van der Waals surface area (Å²) < 4.78 is 6.17. The molecular weight excluding hydrogens is 354 g/mol. The van der Waals surface area contributed by atoms with Crippen molar-refractivity contribution < 1.29 is 19.4 Å². The minimum absolute atomic E-state index is 0.122. The Morgan fingerprint density at radius 1 is 1.25 bits per heavy atom. The van der Waals surface area contributed by atoms with Crippen LogP contribution in [-0.2, 0) is 19.7 Å². The fourth-order valence-corrected chi connectivity index (χ4v) is 4.84. The molecule has 0 radical (unpaired) electrons. The van der Waals surface area contributed by atoms with E-state index in [9.17, 15) is 14.7 Å². The third-order valence-corrected chi connectivity index (χ3v) is 6.14. The molecule has 0 aromatic heterocycles. The van der Waals surface area contributed by atoms with Gasteiger partial charge in [-0.3, -0.25) is 4.79 Å². The molecule has 142 valence electrons. The molecule has 0 spiro atoms. The lowest BCUT2D eigenvalue weighted by atomic mass is 9.78. The van der Waals surface area contributed by atoms with Crippen LogP contribution in [0, 0.1) is 6.92 Å². The van der Waals surface area contributed by atoms with Gasteiger partial charge in [0.05, 0.1) is 0 Å². The minimum atomic E-state index is -1.21. The highest BCUT2D eigenvalue weighted by molar-refractivity contribution is 6.22. The van der Waals surface area contributed by atoms with Crippen LogP contribution in [-0.4, -0.2) is 29.5 Å². The molecule has 5 heteroatoms. The molecule has 1 aromatic rings. The summed E-state index contributed by atoms with van der Waals surface area (Å²) in [5.74, 6) is -1.26. The lowest BCUT2D eigenvalue weighted by Gasteiger charge is -2.40. The SMILES string of the molecule is Cc1ccc2c(c1)C(C)(C)C1=C3C=C4C=C(C(=O)O)C(=O)C=C4OC3CCN12. The molecule has 0 bridgehead atoms. The molecule has 0 fully saturated rings. The zero-order chi connectivity index (χ0) is 19.8. The molecule has 5 nitrogen and oxygen atoms in total. The molecule has 0 saturated heterocycles. The molecule has 0 amide bonds. The van der Waals surface area contributed by atoms with E-state index in [1.165, 1.54) is 34.7 Å². The first kappa shape index (κ1) is 17.0. The third-order valence-electron chi connectivity index (χ3n) is 6.14. The van der Waals surface area contributed by atoms with E-state index >= 15 is 0 Å². The summed E-state index contributed by atoms with van der Waals surface area (Å²) in [5, 5.41) is 9.30. The molecule has 3 aliphatic heterocycles. The van der Waals surface area contributed by atoms with Crippen LogP contribution in [0.2, 0.25) is 0 Å². The Balaban J connectivity index is 1.71. The lowest BCUT2D eigenvalue weighted by Crippen LogP contribution is -2.39. The average molecular weight is 375 g/mol. The number of carbonyl (C=O) groups excluding carboxylic acids is 1. The number of anilines is 1. The van der Waals surface area contributed by atoms with Gasteiger partial charge >= 0.3 is 5.97 Å². The highest BCUT2D eigenvalue weighted by Crippen LogP contribution is 2.53. The monoisotopic (exact) mass is 375 g/mol. The van der Waals surface area contributed by atoms with Gasteiger partial charge in [-0.25, -0.2) is 4.79 Å². The number of carbonyl (C=O) groups is 2. The van der Waals surface area contributed by atoms with Crippen LogP contribution in [0.5, 0.6) is 0 Å². The van der Waals surface area contributed by atoms with Gasteiger partial charge in [0.2, 0.25) is 0 Å². The lowest BCUT2D eigenvalue weighted by molar-refractivity contribution is -0.134. The van der Waals surface area contributed by atoms with Gasteiger partial charge in [0.25, 0.3) is 0 Å². The van der Waals surface area contributed by atoms with Crippen molar-refractivity contribution in [1.82, 2.24) is 0 Å². The van der Waals surface area contributed by atoms with Crippen LogP contribution in [0.25, 0.3) is 0 Å². The normalized spacial score (nSPS) is 24.2. The fraction of sp³-hybridized carbons (Fsp3) is 0.304. The summed E-state index contributed by atoms with van der Waals surface area (Å²) in [6, 6.07) is 6.57. The Kier molecular flexibility index (Phi) is 3.33. The highest BCUT2D eigenvalue weighted by Gasteiger charge is 2.46. The van der Waals surface area contributed by atoms with E-state index in [0.717, 1.165) is 18.5 Å². The van der Waals surface area contributed by atoms with Crippen molar-refractivity contribution >= 4 is 17.4 Å². The first-order chi connectivity index (χ1) is 13.3. The van der Waals surface area contributed by atoms with Crippen molar-refractivity contribution in [2.24, 2.45) is 0 Å². The Hall–Kier alpha value is -3.08. The van der Waals surface area contributed by atoms with Crippen molar-refractivity contribution in [1.29, 1.82) is 0 Å². The molecule has 28 heavy (non-hydrogen) atoms. The number of aryl methyl sites for hydroxylation is 1. The topological polar surface area (TPSA) is 66.8 Å². The van der Waals surface area contributed by atoms with E-state index in [0.29, 0.717) is 11.3 Å². The van der Waals surface area contributed by atoms with Crippen LogP contribution in [0.3, 0.4) is 0 Å². The van der Waals surface area contributed by atoms with Crippen LogP contribution in [0.1, 0.15) is 31.4 Å². The van der Waals surface area contributed by atoms with E-state index < -0.39 is 11.8 Å². The van der Waals surface area contributed by atoms with Crippen molar-refractivity contribution in [3.05, 3.63) is 75.7 Å². The second kappa shape index (κ2) is 5.47.